The van der Waals surface area contributed by atoms with Gasteiger partial charge in [0.05, 0.1) is 12.8 Å². The Bertz CT molecular complexity index is 2390. The standard InChI is InChI=1S/C21H25N3OS.C20H20F3N3OS.C6H8O7/c1-15-6-8-18(9-7-15)22-21(26)23-19-5-3-4-17(14-19)20(25)16-10-12-24(2)13-11-16;1-26-7-5-12(6-8-26)19(27)13-3-2-4-14(9-13)24-20(28)25-15-10-16(21)18(23)17(22)11-15;7-3(8)1-6(13,5(11)12)2-4(9)10/h3-9,14,16H,10-13H2,1-2H3,(H2,22,23,26);2-4,9-12H,5-8H2,1H3,(H2,24,25,28);13H,1-2H2,(H,7,8)(H,9,10)(H,11,12). The van der Waals surface area contributed by atoms with Gasteiger partial charge in [-0.3, -0.25) is 19.2 Å². The number of ketones is 2. The van der Waals surface area contributed by atoms with Gasteiger partial charge < -0.3 is 51.5 Å². The van der Waals surface area contributed by atoms with Gasteiger partial charge in [-0.05, 0) is 134 Å². The highest BCUT2D eigenvalue weighted by Crippen LogP contribution is 2.25. The first kappa shape index (κ1) is 53.3. The first-order valence-corrected chi connectivity index (χ1v) is 21.9. The number of carbonyl (C=O) groups excluding carboxylic acids is 2. The van der Waals surface area contributed by atoms with Gasteiger partial charge in [-0.2, -0.15) is 0 Å². The molecule has 15 nitrogen and oxygen atoms in total. The minimum atomic E-state index is -2.74. The summed E-state index contributed by atoms with van der Waals surface area (Å²) < 4.78 is 39.6. The van der Waals surface area contributed by atoms with Crippen molar-refractivity contribution < 1.29 is 57.6 Å². The van der Waals surface area contributed by atoms with E-state index < -0.39 is 53.8 Å². The Morgan fingerprint density at radius 2 is 0.970 bits per heavy atom. The van der Waals surface area contributed by atoms with E-state index in [0.29, 0.717) is 16.4 Å². The molecule has 0 bridgehead atoms. The van der Waals surface area contributed by atoms with E-state index in [0.717, 1.165) is 80.9 Å². The van der Waals surface area contributed by atoms with Gasteiger partial charge in [0.25, 0.3) is 0 Å². The van der Waals surface area contributed by atoms with Crippen LogP contribution in [0.5, 0.6) is 0 Å². The van der Waals surface area contributed by atoms with E-state index in [1.54, 1.807) is 24.3 Å². The van der Waals surface area contributed by atoms with Crippen LogP contribution in [0.2, 0.25) is 0 Å². The van der Waals surface area contributed by atoms with E-state index in [9.17, 15) is 37.1 Å². The summed E-state index contributed by atoms with van der Waals surface area (Å²) in [4.78, 5) is 60.5. The van der Waals surface area contributed by atoms with E-state index in [-0.39, 0.29) is 34.2 Å². The number of rotatable bonds is 13. The molecule has 8 N–H and O–H groups in total. The second-order valence-corrected chi connectivity index (χ2v) is 17.1. The number of aryl methyl sites for hydroxylation is 1. The maximum Gasteiger partial charge on any atom is 0.336 e. The normalized spacial score (nSPS) is 14.5. The van der Waals surface area contributed by atoms with Crippen LogP contribution in [0.15, 0.2) is 84.9 Å². The zero-order valence-corrected chi connectivity index (χ0v) is 38.6. The lowest BCUT2D eigenvalue weighted by atomic mass is 9.89. The fraction of sp³-hybridized carbons (Fsp3) is 0.340. The lowest BCUT2D eigenvalue weighted by Crippen LogP contribution is -2.42. The number of piperidine rings is 2. The van der Waals surface area contributed by atoms with E-state index >= 15 is 0 Å². The molecule has 2 aliphatic heterocycles. The summed E-state index contributed by atoms with van der Waals surface area (Å²) in [6, 6.07) is 24.2. The summed E-state index contributed by atoms with van der Waals surface area (Å²) in [5.74, 6) is -8.72. The number of aliphatic hydroxyl groups is 1. The maximum atomic E-state index is 13.3. The van der Waals surface area contributed by atoms with Crippen LogP contribution in [0, 0.1) is 36.2 Å². The van der Waals surface area contributed by atoms with E-state index in [1.165, 1.54) is 5.56 Å². The predicted molar refractivity (Wildman–Crippen MR) is 256 cm³/mol. The third-order valence-corrected chi connectivity index (χ3v) is 11.2. The molecule has 20 heteroatoms. The minimum absolute atomic E-state index is 0.00157. The van der Waals surface area contributed by atoms with Gasteiger partial charge in [-0.15, -0.1) is 0 Å². The monoisotopic (exact) mass is 966 g/mol. The van der Waals surface area contributed by atoms with Crippen LogP contribution in [0.1, 0.15) is 64.8 Å². The highest BCUT2D eigenvalue weighted by atomic mass is 32.1. The van der Waals surface area contributed by atoms with Crippen LogP contribution in [0.25, 0.3) is 0 Å². The van der Waals surface area contributed by atoms with Crippen molar-refractivity contribution in [1.29, 1.82) is 0 Å². The predicted octanol–water partition coefficient (Wildman–Crippen LogP) is 7.52. The van der Waals surface area contributed by atoms with Crippen molar-refractivity contribution in [2.45, 2.75) is 51.0 Å². The number of likely N-dealkylation sites (tertiary alicyclic amines) is 2. The van der Waals surface area contributed by atoms with Crippen molar-refractivity contribution >= 4 is 86.9 Å². The summed E-state index contributed by atoms with van der Waals surface area (Å²) >= 11 is 10.5. The quantitative estimate of drug-likeness (QED) is 0.0369. The summed E-state index contributed by atoms with van der Waals surface area (Å²) in [6.45, 7) is 5.81. The smallest absolute Gasteiger partial charge is 0.336 e. The molecule has 0 amide bonds. The first-order chi connectivity index (χ1) is 31.6. The molecule has 0 saturated carbocycles. The van der Waals surface area contributed by atoms with Gasteiger partial charge in [0.15, 0.2) is 44.8 Å². The molecule has 0 radical (unpaired) electrons. The van der Waals surface area contributed by atoms with Crippen molar-refractivity contribution in [2.75, 3.05) is 61.5 Å². The summed E-state index contributed by atoms with van der Waals surface area (Å²) in [5.41, 5.74) is 2.11. The topological polar surface area (TPSA) is 221 Å². The molecule has 67 heavy (non-hydrogen) atoms. The van der Waals surface area contributed by atoms with Crippen LogP contribution in [-0.4, -0.2) is 116 Å². The van der Waals surface area contributed by atoms with Gasteiger partial charge in [0, 0.05) is 57.8 Å². The lowest BCUT2D eigenvalue weighted by molar-refractivity contribution is -0.170. The molecule has 4 aromatic carbocycles. The number of carbonyl (C=O) groups is 5. The Labute approximate surface area is 396 Å². The number of nitrogens with zero attached hydrogens (tertiary/aromatic N) is 2. The molecule has 4 aromatic rings. The minimum Gasteiger partial charge on any atom is -0.481 e. The average molecular weight is 967 g/mol. The molecule has 6 rings (SSSR count). The number of anilines is 4. The van der Waals surface area contributed by atoms with Crippen LogP contribution in [-0.2, 0) is 14.4 Å². The Kier molecular flexibility index (Phi) is 19.9. The SMILES string of the molecule is CN1CCC(C(=O)c2cccc(NC(=S)Nc3cc(F)c(F)c(F)c3)c2)CC1.Cc1ccc(NC(=S)Nc2cccc(C(=O)C3CCN(C)CC3)c2)cc1.O=C(O)CC(O)(CC(=O)O)C(=O)O. The van der Waals surface area contributed by atoms with Crippen LogP contribution >= 0.6 is 24.4 Å². The van der Waals surface area contributed by atoms with Gasteiger partial charge in [0.1, 0.15) is 0 Å². The molecule has 0 atom stereocenters. The Balaban J connectivity index is 0.000000234. The Morgan fingerprint density at radius 3 is 1.34 bits per heavy atom. The largest absolute Gasteiger partial charge is 0.481 e. The third-order valence-electron chi connectivity index (χ3n) is 10.8. The van der Waals surface area contributed by atoms with E-state index in [1.807, 2.05) is 62.5 Å². The number of halogens is 3. The first-order valence-electron chi connectivity index (χ1n) is 21.0. The van der Waals surface area contributed by atoms with Crippen LogP contribution in [0.3, 0.4) is 0 Å². The maximum absolute atomic E-state index is 13.3. The van der Waals surface area contributed by atoms with Crippen molar-refractivity contribution in [3.8, 4) is 0 Å². The van der Waals surface area contributed by atoms with Crippen molar-refractivity contribution in [2.24, 2.45) is 11.8 Å². The second kappa shape index (κ2) is 25.0. The summed E-state index contributed by atoms with van der Waals surface area (Å²) in [5, 5.41) is 46.2. The molecule has 0 aliphatic carbocycles. The molecule has 2 heterocycles. The second-order valence-electron chi connectivity index (χ2n) is 16.3. The summed E-state index contributed by atoms with van der Waals surface area (Å²) in [6.07, 6.45) is 1.23. The molecule has 0 aromatic heterocycles. The highest BCUT2D eigenvalue weighted by molar-refractivity contribution is 7.81. The number of Topliss-reactive ketones (excluding diaryl/α,β-unsaturated/α-hetero) is 2. The fourth-order valence-electron chi connectivity index (χ4n) is 7.08. The number of thiocarbonyl (C=S) groups is 2. The summed E-state index contributed by atoms with van der Waals surface area (Å²) in [7, 11) is 4.14. The molecular formula is C47H53F3N6O9S2. The van der Waals surface area contributed by atoms with Crippen molar-refractivity contribution in [1.82, 2.24) is 9.80 Å². The number of carboxylic acids is 3. The lowest BCUT2D eigenvalue weighted by Gasteiger charge is -2.28. The van der Waals surface area contributed by atoms with E-state index in [4.69, 9.17) is 44.9 Å². The number of nitrogens with one attached hydrogen (secondary N) is 4. The number of carboxylic acid groups (broad SMARTS) is 3. The Morgan fingerprint density at radius 1 is 0.597 bits per heavy atom. The molecule has 358 valence electrons. The molecule has 2 fully saturated rings. The molecule has 2 saturated heterocycles. The molecule has 0 spiro atoms. The Hall–Kier alpha value is -6.32. The molecule has 0 unspecified atom stereocenters. The highest BCUT2D eigenvalue weighted by Gasteiger charge is 2.41. The zero-order chi connectivity index (χ0) is 49.4. The van der Waals surface area contributed by atoms with Crippen LogP contribution < -0.4 is 21.3 Å². The molecular weight excluding hydrogens is 914 g/mol. The number of hydrogen-bond donors (Lipinski definition) is 8. The van der Waals surface area contributed by atoms with E-state index in [2.05, 4.69) is 38.1 Å². The third kappa shape index (κ3) is 17.1. The van der Waals surface area contributed by atoms with Crippen LogP contribution in [0.4, 0.5) is 35.9 Å². The van der Waals surface area contributed by atoms with Gasteiger partial charge >= 0.3 is 17.9 Å². The number of aliphatic carboxylic acids is 3. The zero-order valence-electron chi connectivity index (χ0n) is 37.0. The van der Waals surface area contributed by atoms with Gasteiger partial charge in [0.2, 0.25) is 0 Å². The van der Waals surface area contributed by atoms with Gasteiger partial charge in [-0.25, -0.2) is 18.0 Å². The average Bonchev–Trinajstić information content (AvgIpc) is 3.26. The fourth-order valence-corrected chi connectivity index (χ4v) is 7.55. The number of benzene rings is 4. The molecule has 2 aliphatic rings. The van der Waals surface area contributed by atoms with Crippen molar-refractivity contribution in [3.63, 3.8) is 0 Å². The van der Waals surface area contributed by atoms with Crippen molar-refractivity contribution in [3.05, 3.63) is 119 Å². The van der Waals surface area contributed by atoms with Gasteiger partial charge in [-0.1, -0.05) is 42.0 Å². The number of hydrogen-bond acceptors (Lipinski definition) is 10.